The average molecular weight is 797 g/mol. The molecule has 55 heavy (non-hydrogen) atoms. The van der Waals surface area contributed by atoms with Crippen LogP contribution in [0.25, 0.3) is 0 Å². The number of carbonyl (C=O) groups excluding carboxylic acids is 1. The minimum absolute atomic E-state index is 0.0540. The van der Waals surface area contributed by atoms with Crippen LogP contribution in [0.15, 0.2) is 37.5 Å². The van der Waals surface area contributed by atoms with E-state index in [1.807, 2.05) is 6.92 Å². The Morgan fingerprint density at radius 1 is 0.800 bits per heavy atom. The molecular formula is C44H81N2O8P. The first-order valence-corrected chi connectivity index (χ1v) is 23.3. The minimum Gasteiger partial charge on any atom is -0.450 e. The lowest BCUT2D eigenvalue weighted by molar-refractivity contribution is -0.249. The van der Waals surface area contributed by atoms with Gasteiger partial charge in [-0.25, -0.2) is 4.57 Å². The first-order chi connectivity index (χ1) is 26.6. The summed E-state index contributed by atoms with van der Waals surface area (Å²) in [5.74, 6) is 0.219. The normalized spacial score (nSPS) is 20.7. The Labute approximate surface area is 336 Å². The zero-order valence-corrected chi connectivity index (χ0v) is 36.5. The number of phosphoric ester groups is 1. The molecule has 0 aliphatic carbocycles. The first-order valence-electron chi connectivity index (χ1n) is 21.9. The van der Waals surface area contributed by atoms with Gasteiger partial charge in [-0.05, 0) is 50.9 Å². The summed E-state index contributed by atoms with van der Waals surface area (Å²) >= 11 is 0. The second-order valence-electron chi connectivity index (χ2n) is 15.2. The van der Waals surface area contributed by atoms with Crippen molar-refractivity contribution in [3.63, 3.8) is 0 Å². The number of rotatable bonds is 36. The minimum atomic E-state index is -4.14. The fourth-order valence-electron chi connectivity index (χ4n) is 6.78. The molecule has 0 aromatic heterocycles. The third kappa shape index (κ3) is 24.5. The molecule has 10 nitrogen and oxygen atoms in total. The van der Waals surface area contributed by atoms with Crippen LogP contribution in [-0.2, 0) is 37.1 Å². The molecule has 1 heterocycles. The molecular weight excluding hydrogens is 715 g/mol. The van der Waals surface area contributed by atoms with E-state index in [2.05, 4.69) is 51.4 Å². The monoisotopic (exact) mass is 797 g/mol. The molecule has 2 N–H and O–H groups in total. The van der Waals surface area contributed by atoms with Crippen LogP contribution in [0.4, 0.5) is 0 Å². The maximum Gasteiger partial charge on any atom is 0.475 e. The maximum atomic E-state index is 13.9. The van der Waals surface area contributed by atoms with E-state index in [0.717, 1.165) is 38.5 Å². The number of hydrogen-bond acceptors (Lipinski definition) is 9. The summed E-state index contributed by atoms with van der Waals surface area (Å²) in [5, 5.41) is 11.2. The van der Waals surface area contributed by atoms with Crippen LogP contribution in [0, 0.1) is 11.3 Å². The van der Waals surface area contributed by atoms with E-state index in [9.17, 15) is 9.36 Å². The molecule has 1 rings (SSSR count). The van der Waals surface area contributed by atoms with Gasteiger partial charge in [0.2, 0.25) is 12.2 Å². The van der Waals surface area contributed by atoms with Gasteiger partial charge in [0.05, 0.1) is 19.3 Å². The number of nitrogens with one attached hydrogen (secondary N) is 2. The Morgan fingerprint density at radius 3 is 1.91 bits per heavy atom. The van der Waals surface area contributed by atoms with Crippen LogP contribution >= 0.6 is 7.82 Å². The summed E-state index contributed by atoms with van der Waals surface area (Å²) < 4.78 is 50.1. The molecule has 1 saturated heterocycles. The van der Waals surface area contributed by atoms with Gasteiger partial charge in [0, 0.05) is 20.0 Å². The maximum absolute atomic E-state index is 13.9. The Kier molecular flexibility index (Phi) is 30.9. The highest BCUT2D eigenvalue weighted by molar-refractivity contribution is 7.48. The van der Waals surface area contributed by atoms with E-state index in [1.165, 1.54) is 109 Å². The Bertz CT molecular complexity index is 1070. The molecule has 1 amide bonds. The molecule has 0 saturated carbocycles. The van der Waals surface area contributed by atoms with Gasteiger partial charge in [-0.3, -0.25) is 23.8 Å². The van der Waals surface area contributed by atoms with Gasteiger partial charge in [-0.1, -0.05) is 142 Å². The van der Waals surface area contributed by atoms with Crippen molar-refractivity contribution < 1.29 is 37.1 Å². The molecule has 0 spiro atoms. The molecule has 1 aliphatic heterocycles. The fourth-order valence-corrected chi connectivity index (χ4v) is 8.11. The van der Waals surface area contributed by atoms with Crippen LogP contribution in [0.2, 0.25) is 0 Å². The molecule has 0 radical (unpaired) electrons. The van der Waals surface area contributed by atoms with Gasteiger partial charge in [-0.2, -0.15) is 0 Å². The standard InChI is InChI=1S/C44H81N2O8P/c1-8-13-15-17-18-19-20-21-22-23-24-25-26-28-30-32-40(47)46-41-43(49-36-33-37(6)31-29-27-16-14-9-2)42(39(12-5)53-44(41)52-38(7)45)54-55(48,50-34-10-3)51-35-11-4/h10-11,19-20,37,39,41-45H,3-4,8-9,12-18,21-36H2,1-2,5-7H3,(H,46,47)/b20-19-,45-38?/t37-,39-,41-,42-,43-,44?/m1/s1. The summed E-state index contributed by atoms with van der Waals surface area (Å²) in [6.45, 7) is 17.7. The van der Waals surface area contributed by atoms with Crippen molar-refractivity contribution in [1.82, 2.24) is 5.32 Å². The van der Waals surface area contributed by atoms with Crippen molar-refractivity contribution >= 4 is 19.6 Å². The van der Waals surface area contributed by atoms with E-state index in [-0.39, 0.29) is 25.0 Å². The lowest BCUT2D eigenvalue weighted by Crippen LogP contribution is -2.65. The van der Waals surface area contributed by atoms with Crippen LogP contribution in [0.1, 0.15) is 176 Å². The molecule has 1 fully saturated rings. The van der Waals surface area contributed by atoms with Crippen molar-refractivity contribution in [3.8, 4) is 0 Å². The topological polar surface area (TPSA) is 125 Å². The van der Waals surface area contributed by atoms with Gasteiger partial charge in [0.25, 0.3) is 0 Å². The number of carbonyl (C=O) groups is 1. The van der Waals surface area contributed by atoms with Crippen molar-refractivity contribution in [2.45, 2.75) is 207 Å². The van der Waals surface area contributed by atoms with Gasteiger partial charge >= 0.3 is 7.82 Å². The van der Waals surface area contributed by atoms with Gasteiger partial charge in [0.15, 0.2) is 5.90 Å². The third-order valence-corrected chi connectivity index (χ3v) is 11.4. The van der Waals surface area contributed by atoms with Crippen molar-refractivity contribution in [2.75, 3.05) is 19.8 Å². The van der Waals surface area contributed by atoms with Gasteiger partial charge in [0.1, 0.15) is 18.2 Å². The molecule has 0 bridgehead atoms. The lowest BCUT2D eigenvalue weighted by Gasteiger charge is -2.46. The molecule has 0 aromatic carbocycles. The highest BCUT2D eigenvalue weighted by Gasteiger charge is 2.51. The number of ether oxygens (including phenoxy) is 3. The van der Waals surface area contributed by atoms with Crippen LogP contribution in [0.5, 0.6) is 0 Å². The largest absolute Gasteiger partial charge is 0.475 e. The fraction of sp³-hybridized carbons (Fsp3) is 0.818. The van der Waals surface area contributed by atoms with Crippen LogP contribution in [-0.4, -0.2) is 62.3 Å². The van der Waals surface area contributed by atoms with Crippen LogP contribution in [0.3, 0.4) is 0 Å². The quantitative estimate of drug-likeness (QED) is 0.0211. The first kappa shape index (κ1) is 51.2. The number of amides is 1. The molecule has 6 atom stereocenters. The Balaban J connectivity index is 2.95. The van der Waals surface area contributed by atoms with Crippen molar-refractivity contribution in [2.24, 2.45) is 5.92 Å². The summed E-state index contributed by atoms with van der Waals surface area (Å²) in [7, 11) is -4.14. The SMILES string of the molecule is C=CCOP(=O)(OCC=C)O[C@H]1[C@H](OCC[C@H](C)CCCCCCC)[C@@H](NC(=O)CCCCCCCCC/C=C\CCCCCC)C(OC(C)=N)O[C@@H]1CC. The molecule has 0 aromatic rings. The number of hydrogen-bond donors (Lipinski definition) is 2. The Morgan fingerprint density at radius 2 is 1.35 bits per heavy atom. The second-order valence-corrected chi connectivity index (χ2v) is 16.8. The van der Waals surface area contributed by atoms with E-state index >= 15 is 0 Å². The van der Waals surface area contributed by atoms with E-state index < -0.39 is 38.5 Å². The summed E-state index contributed by atoms with van der Waals surface area (Å²) in [6.07, 6.45) is 28.3. The predicted octanol–water partition coefficient (Wildman–Crippen LogP) is 12.3. The third-order valence-electron chi connectivity index (χ3n) is 10.0. The van der Waals surface area contributed by atoms with Gasteiger partial charge < -0.3 is 19.5 Å². The highest BCUT2D eigenvalue weighted by atomic mass is 31.2. The molecule has 320 valence electrons. The molecule has 1 aliphatic rings. The molecule has 11 heteroatoms. The second kappa shape index (κ2) is 33.2. The molecule has 1 unspecified atom stereocenters. The highest BCUT2D eigenvalue weighted by Crippen LogP contribution is 2.52. The zero-order valence-electron chi connectivity index (χ0n) is 35.6. The number of unbranched alkanes of at least 4 members (excludes halogenated alkanes) is 15. The zero-order chi connectivity index (χ0) is 40.6. The summed E-state index contributed by atoms with van der Waals surface area (Å²) in [6, 6.07) is -0.845. The summed E-state index contributed by atoms with van der Waals surface area (Å²) in [5.41, 5.74) is 0. The van der Waals surface area contributed by atoms with E-state index in [4.69, 9.17) is 33.2 Å². The Hall–Kier alpha value is -1.81. The number of phosphoric acid groups is 1. The summed E-state index contributed by atoms with van der Waals surface area (Å²) in [4.78, 5) is 13.5. The smallest absolute Gasteiger partial charge is 0.450 e. The predicted molar refractivity (Wildman–Crippen MR) is 226 cm³/mol. The van der Waals surface area contributed by atoms with Crippen LogP contribution < -0.4 is 5.32 Å². The average Bonchev–Trinajstić information content (AvgIpc) is 3.16. The van der Waals surface area contributed by atoms with Crippen molar-refractivity contribution in [1.29, 1.82) is 5.41 Å². The van der Waals surface area contributed by atoms with Gasteiger partial charge in [-0.15, -0.1) is 13.2 Å². The number of allylic oxidation sites excluding steroid dienone is 2. The van der Waals surface area contributed by atoms with E-state index in [0.29, 0.717) is 25.4 Å². The lowest BCUT2D eigenvalue weighted by atomic mass is 9.94. The van der Waals surface area contributed by atoms with E-state index in [1.54, 1.807) is 0 Å². The van der Waals surface area contributed by atoms with Crippen molar-refractivity contribution in [3.05, 3.63) is 37.5 Å².